The van der Waals surface area contributed by atoms with E-state index in [2.05, 4.69) is 4.98 Å². The molecule has 0 fully saturated rings. The van der Waals surface area contributed by atoms with Crippen molar-refractivity contribution in [1.82, 2.24) is 4.98 Å². The highest BCUT2D eigenvalue weighted by Crippen LogP contribution is 2.21. The summed E-state index contributed by atoms with van der Waals surface area (Å²) >= 11 is 0. The molecule has 22 heavy (non-hydrogen) atoms. The first-order valence-electron chi connectivity index (χ1n) is 6.56. The summed E-state index contributed by atoms with van der Waals surface area (Å²) in [6.07, 6.45) is 0.375. The lowest BCUT2D eigenvalue weighted by atomic mass is 10.1. The minimum atomic E-state index is 0. The number of aromatic nitrogens is 1. The van der Waals surface area contributed by atoms with Gasteiger partial charge in [-0.05, 0) is 29.8 Å². The van der Waals surface area contributed by atoms with Crippen molar-refractivity contribution in [2.75, 3.05) is 7.11 Å². The van der Waals surface area contributed by atoms with Gasteiger partial charge >= 0.3 is 0 Å². The van der Waals surface area contributed by atoms with Crippen molar-refractivity contribution in [2.45, 2.75) is 13.8 Å². The van der Waals surface area contributed by atoms with Crippen LogP contribution in [-0.4, -0.2) is 28.1 Å². The Morgan fingerprint density at radius 2 is 1.73 bits per heavy atom. The Hall–Kier alpha value is -2.59. The van der Waals surface area contributed by atoms with E-state index in [1.54, 1.807) is 24.3 Å². The molecular formula is C18H21NO3. The first-order valence-corrected chi connectivity index (χ1v) is 6.56. The zero-order chi connectivity index (χ0) is 15.2. The van der Waals surface area contributed by atoms with E-state index in [-0.39, 0.29) is 19.0 Å². The van der Waals surface area contributed by atoms with Gasteiger partial charge in [0.1, 0.15) is 5.75 Å². The predicted molar refractivity (Wildman–Crippen MR) is 89.3 cm³/mol. The van der Waals surface area contributed by atoms with E-state index in [0.29, 0.717) is 12.1 Å². The summed E-state index contributed by atoms with van der Waals surface area (Å²) in [6, 6.07) is 16.4. The number of hydrogen-bond donors (Lipinski definition) is 3. The van der Waals surface area contributed by atoms with Crippen molar-refractivity contribution < 1.29 is 15.0 Å². The summed E-state index contributed by atoms with van der Waals surface area (Å²) in [5.41, 5.74) is 2.42. The Balaban J connectivity index is 0.000000775. The molecule has 0 saturated carbocycles. The second-order valence-corrected chi connectivity index (χ2v) is 4.54. The van der Waals surface area contributed by atoms with Crippen molar-refractivity contribution >= 4 is 16.7 Å². The molecule has 4 nitrogen and oxygen atoms in total. The molecule has 0 amide bonds. The van der Waals surface area contributed by atoms with Crippen LogP contribution in [0, 0.1) is 0 Å². The SMILES string of the molecule is C.CO.O=C(Cc1ccccc1)c1cc2cc(O)ccc2[nH]1. The molecule has 2 aromatic carbocycles. The smallest absolute Gasteiger partial charge is 0.183 e. The lowest BCUT2D eigenvalue weighted by molar-refractivity contribution is 0.0989. The minimum absolute atomic E-state index is 0. The van der Waals surface area contributed by atoms with Crippen LogP contribution < -0.4 is 0 Å². The fourth-order valence-corrected chi connectivity index (χ4v) is 2.15. The second kappa shape index (κ2) is 8.00. The molecule has 0 saturated heterocycles. The number of carbonyl (C=O) groups is 1. The van der Waals surface area contributed by atoms with Gasteiger partial charge in [-0.15, -0.1) is 0 Å². The fourth-order valence-electron chi connectivity index (χ4n) is 2.15. The second-order valence-electron chi connectivity index (χ2n) is 4.54. The zero-order valence-electron chi connectivity index (χ0n) is 11.7. The largest absolute Gasteiger partial charge is 0.508 e. The van der Waals surface area contributed by atoms with Crippen LogP contribution in [0.4, 0.5) is 0 Å². The number of hydrogen-bond acceptors (Lipinski definition) is 3. The summed E-state index contributed by atoms with van der Waals surface area (Å²) in [5.74, 6) is 0.246. The number of aliphatic hydroxyl groups excluding tert-OH is 1. The summed E-state index contributed by atoms with van der Waals surface area (Å²) in [6.45, 7) is 0. The summed E-state index contributed by atoms with van der Waals surface area (Å²) in [5, 5.41) is 17.3. The molecule has 1 aromatic heterocycles. The first-order chi connectivity index (χ1) is 10.2. The molecule has 4 heteroatoms. The van der Waals surface area contributed by atoms with Crippen LogP contribution in [-0.2, 0) is 6.42 Å². The van der Waals surface area contributed by atoms with Gasteiger partial charge in [0.2, 0.25) is 0 Å². The molecule has 1 heterocycles. The maximum atomic E-state index is 12.2. The monoisotopic (exact) mass is 299 g/mol. The van der Waals surface area contributed by atoms with Crippen molar-refractivity contribution in [3.63, 3.8) is 0 Å². The highest BCUT2D eigenvalue weighted by molar-refractivity contribution is 6.00. The topological polar surface area (TPSA) is 73.3 Å². The number of H-pyrrole nitrogens is 1. The Labute approximate surface area is 130 Å². The van der Waals surface area contributed by atoms with E-state index in [4.69, 9.17) is 5.11 Å². The molecule has 3 aromatic rings. The van der Waals surface area contributed by atoms with E-state index in [1.807, 2.05) is 30.3 Å². The van der Waals surface area contributed by atoms with Gasteiger partial charge in [-0.3, -0.25) is 4.79 Å². The normalized spacial score (nSPS) is 9.55. The summed E-state index contributed by atoms with van der Waals surface area (Å²) in [7, 11) is 1.00. The molecule has 0 bridgehead atoms. The van der Waals surface area contributed by atoms with Crippen molar-refractivity contribution in [1.29, 1.82) is 0 Å². The van der Waals surface area contributed by atoms with Gasteiger partial charge < -0.3 is 15.2 Å². The van der Waals surface area contributed by atoms with E-state index in [0.717, 1.165) is 23.6 Å². The molecule has 0 spiro atoms. The number of ketones is 1. The fraction of sp³-hybridized carbons (Fsp3) is 0.167. The molecule has 3 rings (SSSR count). The van der Waals surface area contributed by atoms with Crippen LogP contribution >= 0.6 is 0 Å². The van der Waals surface area contributed by atoms with Gasteiger partial charge in [0.15, 0.2) is 5.78 Å². The van der Waals surface area contributed by atoms with Crippen LogP contribution in [0.3, 0.4) is 0 Å². The Morgan fingerprint density at radius 3 is 2.41 bits per heavy atom. The number of Topliss-reactive ketones (excluding diaryl/α,β-unsaturated/α-hetero) is 1. The average molecular weight is 299 g/mol. The highest BCUT2D eigenvalue weighted by atomic mass is 16.3. The Morgan fingerprint density at radius 1 is 1.05 bits per heavy atom. The first kappa shape index (κ1) is 17.5. The molecule has 0 aliphatic carbocycles. The lowest BCUT2D eigenvalue weighted by Crippen LogP contribution is -2.03. The predicted octanol–water partition coefficient (Wildman–Crippen LogP) is 3.54. The van der Waals surface area contributed by atoms with Gasteiger partial charge in [0.25, 0.3) is 0 Å². The number of fused-ring (bicyclic) bond motifs is 1. The molecule has 0 aliphatic rings. The number of aliphatic hydroxyl groups is 1. The molecule has 0 radical (unpaired) electrons. The molecule has 116 valence electrons. The van der Waals surface area contributed by atoms with E-state index in [9.17, 15) is 9.90 Å². The van der Waals surface area contributed by atoms with Gasteiger partial charge in [0, 0.05) is 24.4 Å². The number of benzene rings is 2. The molecule has 0 unspecified atom stereocenters. The minimum Gasteiger partial charge on any atom is -0.508 e. The van der Waals surface area contributed by atoms with E-state index < -0.39 is 0 Å². The average Bonchev–Trinajstić information content (AvgIpc) is 2.93. The Bertz CT molecular complexity index is 732. The number of rotatable bonds is 3. The number of phenols is 1. The van der Waals surface area contributed by atoms with Crippen LogP contribution in [0.1, 0.15) is 23.5 Å². The van der Waals surface area contributed by atoms with Crippen molar-refractivity contribution in [2.24, 2.45) is 0 Å². The number of phenolic OH excluding ortho intramolecular Hbond substituents is 1. The highest BCUT2D eigenvalue weighted by Gasteiger charge is 2.10. The van der Waals surface area contributed by atoms with Gasteiger partial charge in [0.05, 0.1) is 5.69 Å². The maximum Gasteiger partial charge on any atom is 0.183 e. The number of nitrogens with one attached hydrogen (secondary N) is 1. The molecular weight excluding hydrogens is 278 g/mol. The molecule has 3 N–H and O–H groups in total. The van der Waals surface area contributed by atoms with Crippen molar-refractivity contribution in [3.8, 4) is 5.75 Å². The summed E-state index contributed by atoms with van der Waals surface area (Å²) in [4.78, 5) is 15.3. The van der Waals surface area contributed by atoms with E-state index >= 15 is 0 Å². The zero-order valence-corrected chi connectivity index (χ0v) is 11.7. The van der Waals surface area contributed by atoms with Gasteiger partial charge in [-0.25, -0.2) is 0 Å². The summed E-state index contributed by atoms with van der Waals surface area (Å²) < 4.78 is 0. The standard InChI is InChI=1S/C16H13NO2.CH4O.CH4/c18-13-6-7-14-12(9-13)10-15(17-14)16(19)8-11-4-2-1-3-5-11;1-2;/h1-7,9-10,17-18H,8H2;2H,1H3;1H4. The lowest BCUT2D eigenvalue weighted by Gasteiger charge is -1.98. The number of carbonyl (C=O) groups excluding carboxylic acids is 1. The third-order valence-corrected chi connectivity index (χ3v) is 3.11. The number of aromatic hydroxyl groups is 1. The van der Waals surface area contributed by atoms with Crippen LogP contribution in [0.25, 0.3) is 10.9 Å². The third kappa shape index (κ3) is 3.96. The van der Waals surface area contributed by atoms with E-state index in [1.165, 1.54) is 0 Å². The van der Waals surface area contributed by atoms with Gasteiger partial charge in [-0.1, -0.05) is 37.8 Å². The molecule has 0 aliphatic heterocycles. The van der Waals surface area contributed by atoms with Crippen molar-refractivity contribution in [3.05, 3.63) is 65.9 Å². The molecule has 0 atom stereocenters. The van der Waals surface area contributed by atoms with Gasteiger partial charge in [-0.2, -0.15) is 0 Å². The van der Waals surface area contributed by atoms with Crippen LogP contribution in [0.5, 0.6) is 5.75 Å². The number of aromatic amines is 1. The third-order valence-electron chi connectivity index (χ3n) is 3.11. The van der Waals surface area contributed by atoms with Crippen LogP contribution in [0.2, 0.25) is 0 Å². The Kier molecular flexibility index (Phi) is 6.35. The van der Waals surface area contributed by atoms with Crippen LogP contribution in [0.15, 0.2) is 54.6 Å². The quantitative estimate of drug-likeness (QED) is 0.648. The maximum absolute atomic E-state index is 12.2.